The summed E-state index contributed by atoms with van der Waals surface area (Å²) < 4.78 is 60.7. The van der Waals surface area contributed by atoms with Gasteiger partial charge in [0.2, 0.25) is 10.0 Å². The van der Waals surface area contributed by atoms with Crippen molar-refractivity contribution in [3.05, 3.63) is 64.0 Å². The van der Waals surface area contributed by atoms with Crippen LogP contribution < -0.4 is 9.64 Å². The molecule has 204 valence electrons. The summed E-state index contributed by atoms with van der Waals surface area (Å²) in [7, 11) is -3.21. The van der Waals surface area contributed by atoms with Crippen molar-refractivity contribution in [2.24, 2.45) is 5.41 Å². The monoisotopic (exact) mass is 594 g/mol. The largest absolute Gasteiger partial charge is 0.483 e. The van der Waals surface area contributed by atoms with Crippen molar-refractivity contribution in [2.75, 3.05) is 37.3 Å². The number of fused-ring (bicyclic) bond motifs is 1. The third-order valence-electron chi connectivity index (χ3n) is 7.16. The van der Waals surface area contributed by atoms with Crippen LogP contribution in [0.1, 0.15) is 18.6 Å². The molecule has 0 bridgehead atoms. The highest BCUT2D eigenvalue weighted by atomic mass is 35.5. The predicted octanol–water partition coefficient (Wildman–Crippen LogP) is 4.83. The van der Waals surface area contributed by atoms with E-state index in [0.29, 0.717) is 63.9 Å². The van der Waals surface area contributed by atoms with Crippen molar-refractivity contribution in [1.82, 2.24) is 24.5 Å². The minimum absolute atomic E-state index is 0.0545. The summed E-state index contributed by atoms with van der Waals surface area (Å²) in [6.07, 6.45) is 4.86. The van der Waals surface area contributed by atoms with Gasteiger partial charge in [0.1, 0.15) is 11.8 Å². The molecule has 0 radical (unpaired) electrons. The maximum atomic E-state index is 15.2. The zero-order valence-corrected chi connectivity index (χ0v) is 23.1. The summed E-state index contributed by atoms with van der Waals surface area (Å²) >= 11 is 12.4. The number of hydrogen-bond donors (Lipinski definition) is 1. The van der Waals surface area contributed by atoms with E-state index in [-0.39, 0.29) is 17.0 Å². The molecule has 1 unspecified atom stereocenters. The van der Waals surface area contributed by atoms with Crippen molar-refractivity contribution in [1.29, 1.82) is 0 Å². The molecule has 14 heteroatoms. The van der Waals surface area contributed by atoms with Gasteiger partial charge >= 0.3 is 0 Å². The molecule has 1 spiro atoms. The number of aromatic amines is 1. The summed E-state index contributed by atoms with van der Waals surface area (Å²) in [5, 5.41) is 8.12. The SMILES string of the molecule is CC(Oc1cc2c(-c3cnc(N4CC5(C4)CN(S(C)(=O)=O)C5)c(F)c3)n[nH]c2cc1F)c1c(Cl)cncc1Cl. The Hall–Kier alpha value is -3.06. The Kier molecular flexibility index (Phi) is 6.21. The Morgan fingerprint density at radius 3 is 2.38 bits per heavy atom. The van der Waals surface area contributed by atoms with Gasteiger partial charge in [0.05, 0.1) is 21.8 Å². The summed E-state index contributed by atoms with van der Waals surface area (Å²) in [6, 6.07) is 4.06. The molecule has 6 rings (SSSR count). The highest BCUT2D eigenvalue weighted by molar-refractivity contribution is 7.88. The van der Waals surface area contributed by atoms with Crippen LogP contribution in [0.15, 0.2) is 36.8 Å². The number of nitrogens with one attached hydrogen (secondary N) is 1. The fraction of sp³-hybridized carbons (Fsp3) is 0.320. The van der Waals surface area contributed by atoms with E-state index in [1.807, 2.05) is 0 Å². The molecule has 1 aromatic carbocycles. The average Bonchev–Trinajstić information content (AvgIpc) is 3.20. The number of anilines is 1. The molecule has 1 N–H and O–H groups in total. The molecule has 0 amide bonds. The number of sulfonamides is 1. The second-order valence-corrected chi connectivity index (χ2v) is 12.9. The van der Waals surface area contributed by atoms with E-state index in [1.165, 1.54) is 47.4 Å². The van der Waals surface area contributed by atoms with Crippen molar-refractivity contribution in [2.45, 2.75) is 13.0 Å². The summed E-state index contributed by atoms with van der Waals surface area (Å²) in [4.78, 5) is 10.0. The van der Waals surface area contributed by atoms with Gasteiger partial charge in [0.15, 0.2) is 23.2 Å². The summed E-state index contributed by atoms with van der Waals surface area (Å²) in [5.74, 6) is -1.02. The third-order valence-corrected chi connectivity index (χ3v) is 8.95. The van der Waals surface area contributed by atoms with Crippen LogP contribution in [0.25, 0.3) is 22.2 Å². The molecule has 39 heavy (non-hydrogen) atoms. The van der Waals surface area contributed by atoms with E-state index in [9.17, 15) is 12.8 Å². The minimum atomic E-state index is -3.21. The Labute approximate surface area is 232 Å². The van der Waals surface area contributed by atoms with Gasteiger partial charge < -0.3 is 9.64 Å². The first-order valence-corrected chi connectivity index (χ1v) is 14.5. The normalized spacial score (nSPS) is 17.7. The van der Waals surface area contributed by atoms with E-state index >= 15 is 4.39 Å². The zero-order valence-electron chi connectivity index (χ0n) is 20.8. The standard InChI is InChI=1S/C25H22Cl2F2N6O3S/c1-13(22-16(26)7-30-8-17(22)27)38-21-4-15-20(5-18(21)28)32-33-23(15)14-3-19(29)24(31-6-14)34-9-25(10-34)11-35(12-25)39(2,36)37/h3-8,13H,9-12H2,1-2H3,(H,32,33). The Morgan fingerprint density at radius 2 is 1.74 bits per heavy atom. The molecule has 9 nitrogen and oxygen atoms in total. The van der Waals surface area contributed by atoms with Crippen molar-refractivity contribution in [3.8, 4) is 17.0 Å². The number of nitrogens with zero attached hydrogens (tertiary/aromatic N) is 5. The van der Waals surface area contributed by atoms with Crippen LogP contribution >= 0.6 is 23.2 Å². The molecule has 0 aliphatic carbocycles. The smallest absolute Gasteiger partial charge is 0.211 e. The van der Waals surface area contributed by atoms with Crippen molar-refractivity contribution >= 4 is 49.9 Å². The predicted molar refractivity (Wildman–Crippen MR) is 144 cm³/mol. The fourth-order valence-electron chi connectivity index (χ4n) is 5.23. The van der Waals surface area contributed by atoms with Gasteiger partial charge in [-0.15, -0.1) is 0 Å². The molecule has 5 heterocycles. The fourth-order valence-corrected chi connectivity index (χ4v) is 6.92. The molecule has 2 aliphatic heterocycles. The highest BCUT2D eigenvalue weighted by Crippen LogP contribution is 2.43. The Bertz CT molecular complexity index is 1700. The molecule has 2 fully saturated rings. The lowest BCUT2D eigenvalue weighted by molar-refractivity contribution is 0.0390. The molecule has 0 saturated carbocycles. The quantitative estimate of drug-likeness (QED) is 0.341. The molecular formula is C25H22Cl2F2N6O3S. The molecule has 2 aliphatic rings. The van der Waals surface area contributed by atoms with E-state index < -0.39 is 27.8 Å². The number of aromatic nitrogens is 4. The number of ether oxygens (including phenoxy) is 1. The van der Waals surface area contributed by atoms with Crippen molar-refractivity contribution < 1.29 is 21.9 Å². The molecule has 2 saturated heterocycles. The van der Waals surface area contributed by atoms with E-state index in [0.717, 1.165) is 0 Å². The first-order valence-electron chi connectivity index (χ1n) is 11.9. The summed E-state index contributed by atoms with van der Waals surface area (Å²) in [5.41, 5.74) is 1.49. The molecule has 1 atom stereocenters. The number of benzene rings is 1. The third kappa shape index (κ3) is 4.58. The van der Waals surface area contributed by atoms with Crippen LogP contribution in [0.4, 0.5) is 14.6 Å². The van der Waals surface area contributed by atoms with Gasteiger partial charge in [-0.25, -0.2) is 26.5 Å². The van der Waals surface area contributed by atoms with Gasteiger partial charge in [-0.2, -0.15) is 5.10 Å². The van der Waals surface area contributed by atoms with Crippen LogP contribution in [0, 0.1) is 17.0 Å². The van der Waals surface area contributed by atoms with E-state index in [4.69, 9.17) is 27.9 Å². The second-order valence-electron chi connectivity index (χ2n) is 10.1. The Morgan fingerprint density at radius 1 is 1.05 bits per heavy atom. The number of hydrogen-bond acceptors (Lipinski definition) is 7. The van der Waals surface area contributed by atoms with Crippen molar-refractivity contribution in [3.63, 3.8) is 0 Å². The summed E-state index contributed by atoms with van der Waals surface area (Å²) in [6.45, 7) is 3.60. The van der Waals surface area contributed by atoms with Gasteiger partial charge in [-0.1, -0.05) is 23.2 Å². The van der Waals surface area contributed by atoms with Crippen LogP contribution in [-0.2, 0) is 10.0 Å². The maximum absolute atomic E-state index is 15.2. The lowest BCUT2D eigenvalue weighted by atomic mass is 9.74. The van der Waals surface area contributed by atoms with Crippen LogP contribution in [0.5, 0.6) is 5.75 Å². The van der Waals surface area contributed by atoms with Crippen LogP contribution in [-0.4, -0.2) is 65.3 Å². The number of pyridine rings is 2. The van der Waals surface area contributed by atoms with Gasteiger partial charge in [0, 0.05) is 72.8 Å². The lowest BCUT2D eigenvalue weighted by Gasteiger charge is -2.59. The number of halogens is 4. The Balaban J connectivity index is 1.23. The average molecular weight is 595 g/mol. The highest BCUT2D eigenvalue weighted by Gasteiger charge is 2.55. The van der Waals surface area contributed by atoms with Crippen LogP contribution in [0.2, 0.25) is 10.0 Å². The van der Waals surface area contributed by atoms with Gasteiger partial charge in [0.25, 0.3) is 0 Å². The number of H-pyrrole nitrogens is 1. The first-order chi connectivity index (χ1) is 18.4. The lowest BCUT2D eigenvalue weighted by Crippen LogP contribution is -2.73. The zero-order chi connectivity index (χ0) is 27.7. The maximum Gasteiger partial charge on any atom is 0.211 e. The number of rotatable bonds is 6. The molecule has 4 aromatic rings. The molecule has 3 aromatic heterocycles. The van der Waals surface area contributed by atoms with E-state index in [1.54, 1.807) is 11.8 Å². The topological polar surface area (TPSA) is 104 Å². The van der Waals surface area contributed by atoms with Gasteiger partial charge in [-0.05, 0) is 19.1 Å². The van der Waals surface area contributed by atoms with Gasteiger partial charge in [-0.3, -0.25) is 10.1 Å². The second kappa shape index (κ2) is 9.26. The van der Waals surface area contributed by atoms with E-state index in [2.05, 4.69) is 20.2 Å². The molecular weight excluding hydrogens is 573 g/mol. The minimum Gasteiger partial charge on any atom is -0.483 e. The van der Waals surface area contributed by atoms with Crippen LogP contribution in [0.3, 0.4) is 0 Å². The first kappa shape index (κ1) is 26.2.